The molecule has 0 aliphatic carbocycles. The highest BCUT2D eigenvalue weighted by Crippen LogP contribution is 2.21. The molecule has 21 heavy (non-hydrogen) atoms. The van der Waals surface area contributed by atoms with E-state index in [4.69, 9.17) is 0 Å². The Morgan fingerprint density at radius 1 is 1.33 bits per heavy atom. The van der Waals surface area contributed by atoms with E-state index in [-0.39, 0.29) is 17.6 Å². The number of carbonyl (C=O) groups excluding carboxylic acids is 1. The lowest BCUT2D eigenvalue weighted by atomic mass is 10.1. The summed E-state index contributed by atoms with van der Waals surface area (Å²) >= 11 is 0. The number of nitrogens with one attached hydrogen (secondary N) is 2. The first-order chi connectivity index (χ1) is 10.1. The Balaban J connectivity index is 2.19. The molecule has 0 spiro atoms. The minimum Gasteiger partial charge on any atom is -0.382 e. The summed E-state index contributed by atoms with van der Waals surface area (Å²) in [6, 6.07) is 7.95. The van der Waals surface area contributed by atoms with Crippen molar-refractivity contribution in [2.45, 2.75) is 19.9 Å². The zero-order chi connectivity index (χ0) is 15.2. The van der Waals surface area contributed by atoms with Crippen molar-refractivity contribution in [2.75, 3.05) is 11.9 Å². The zero-order valence-corrected chi connectivity index (χ0v) is 12.1. The van der Waals surface area contributed by atoms with Crippen LogP contribution in [0.25, 0.3) is 0 Å². The Kier molecular flexibility index (Phi) is 4.87. The molecule has 2 aromatic rings. The fourth-order valence-electron chi connectivity index (χ4n) is 2.06. The molecule has 0 fully saturated rings. The van der Waals surface area contributed by atoms with Crippen LogP contribution < -0.4 is 10.6 Å². The van der Waals surface area contributed by atoms with Crippen molar-refractivity contribution in [3.05, 3.63) is 59.7 Å². The molecular formula is C16H18FN3O. The second-order valence-corrected chi connectivity index (χ2v) is 4.67. The molecule has 1 atom stereocenters. The van der Waals surface area contributed by atoms with E-state index >= 15 is 0 Å². The topological polar surface area (TPSA) is 54.0 Å². The molecule has 0 saturated carbocycles. The average Bonchev–Trinajstić information content (AvgIpc) is 2.50. The predicted molar refractivity (Wildman–Crippen MR) is 80.7 cm³/mol. The van der Waals surface area contributed by atoms with Crippen molar-refractivity contribution in [2.24, 2.45) is 0 Å². The van der Waals surface area contributed by atoms with Crippen LogP contribution in [0, 0.1) is 5.82 Å². The highest BCUT2D eigenvalue weighted by molar-refractivity contribution is 5.99. The third-order valence-electron chi connectivity index (χ3n) is 3.14. The van der Waals surface area contributed by atoms with Crippen LogP contribution in [-0.4, -0.2) is 17.4 Å². The number of rotatable bonds is 5. The number of benzene rings is 1. The van der Waals surface area contributed by atoms with Gasteiger partial charge in [-0.3, -0.25) is 9.78 Å². The molecule has 5 heteroatoms. The Morgan fingerprint density at radius 2 is 2.14 bits per heavy atom. The first-order valence-corrected chi connectivity index (χ1v) is 6.86. The summed E-state index contributed by atoms with van der Waals surface area (Å²) in [6.45, 7) is 4.26. The highest BCUT2D eigenvalue weighted by atomic mass is 19.1. The molecular weight excluding hydrogens is 269 g/mol. The van der Waals surface area contributed by atoms with Gasteiger partial charge in [0, 0.05) is 18.9 Å². The molecule has 110 valence electrons. The number of halogens is 1. The third-order valence-corrected chi connectivity index (χ3v) is 3.14. The van der Waals surface area contributed by atoms with E-state index in [1.165, 1.54) is 12.1 Å². The van der Waals surface area contributed by atoms with Gasteiger partial charge in [-0.15, -0.1) is 0 Å². The number of nitrogens with zero attached hydrogens (tertiary/aromatic N) is 1. The predicted octanol–water partition coefficient (Wildman–Crippen LogP) is 3.14. The quantitative estimate of drug-likeness (QED) is 0.888. The SMILES string of the molecule is CCNc1c(F)cccc1C(=O)NC(C)c1cccnc1. The monoisotopic (exact) mass is 287 g/mol. The molecule has 0 saturated heterocycles. The molecule has 1 aromatic heterocycles. The molecule has 0 aliphatic heterocycles. The van der Waals surface area contributed by atoms with Gasteiger partial charge in [0.05, 0.1) is 17.3 Å². The molecule has 1 amide bonds. The summed E-state index contributed by atoms with van der Waals surface area (Å²) in [5.74, 6) is -0.750. The minimum atomic E-state index is -0.432. The van der Waals surface area contributed by atoms with Crippen LogP contribution in [0.2, 0.25) is 0 Å². The number of anilines is 1. The Hall–Kier alpha value is -2.43. The number of amides is 1. The van der Waals surface area contributed by atoms with E-state index in [0.29, 0.717) is 12.1 Å². The van der Waals surface area contributed by atoms with Gasteiger partial charge in [-0.25, -0.2) is 4.39 Å². The van der Waals surface area contributed by atoms with Crippen LogP contribution >= 0.6 is 0 Å². The largest absolute Gasteiger partial charge is 0.382 e. The van der Waals surface area contributed by atoms with Gasteiger partial charge >= 0.3 is 0 Å². The van der Waals surface area contributed by atoms with E-state index in [1.54, 1.807) is 18.5 Å². The van der Waals surface area contributed by atoms with Crippen LogP contribution in [0.4, 0.5) is 10.1 Å². The summed E-state index contributed by atoms with van der Waals surface area (Å²) < 4.78 is 13.8. The van der Waals surface area contributed by atoms with Crippen molar-refractivity contribution >= 4 is 11.6 Å². The maximum Gasteiger partial charge on any atom is 0.253 e. The van der Waals surface area contributed by atoms with Gasteiger partial charge in [0.25, 0.3) is 5.91 Å². The Morgan fingerprint density at radius 3 is 2.81 bits per heavy atom. The lowest BCUT2D eigenvalue weighted by molar-refractivity contribution is 0.0940. The van der Waals surface area contributed by atoms with Gasteiger partial charge in [0.2, 0.25) is 0 Å². The fraction of sp³-hybridized carbons (Fsp3) is 0.250. The first-order valence-electron chi connectivity index (χ1n) is 6.86. The molecule has 2 N–H and O–H groups in total. The maximum atomic E-state index is 13.8. The van der Waals surface area contributed by atoms with Gasteiger partial charge in [-0.2, -0.15) is 0 Å². The second kappa shape index (κ2) is 6.83. The normalized spacial score (nSPS) is 11.8. The van der Waals surface area contributed by atoms with Crippen LogP contribution in [0.1, 0.15) is 35.8 Å². The third kappa shape index (κ3) is 3.56. The van der Waals surface area contributed by atoms with Crippen molar-refractivity contribution < 1.29 is 9.18 Å². The molecule has 0 radical (unpaired) electrons. The number of pyridine rings is 1. The number of hydrogen-bond donors (Lipinski definition) is 2. The Bertz CT molecular complexity index is 616. The minimum absolute atomic E-state index is 0.205. The molecule has 1 unspecified atom stereocenters. The summed E-state index contributed by atoms with van der Waals surface area (Å²) in [5, 5.41) is 5.74. The molecule has 2 rings (SSSR count). The lowest BCUT2D eigenvalue weighted by Crippen LogP contribution is -2.27. The van der Waals surface area contributed by atoms with Crippen molar-refractivity contribution in [3.8, 4) is 0 Å². The number of aromatic nitrogens is 1. The summed E-state index contributed by atoms with van der Waals surface area (Å²) in [5.41, 5.74) is 1.43. The first kappa shape index (κ1) is 15.0. The van der Waals surface area contributed by atoms with E-state index in [0.717, 1.165) is 5.56 Å². The van der Waals surface area contributed by atoms with Crippen molar-refractivity contribution in [3.63, 3.8) is 0 Å². The summed E-state index contributed by atoms with van der Waals surface area (Å²) in [7, 11) is 0. The van der Waals surface area contributed by atoms with E-state index in [9.17, 15) is 9.18 Å². The van der Waals surface area contributed by atoms with Crippen LogP contribution in [0.15, 0.2) is 42.7 Å². The molecule has 0 aliphatic rings. The standard InChI is InChI=1S/C16H18FN3O/c1-3-19-15-13(7-4-8-14(15)17)16(21)20-11(2)12-6-5-9-18-10-12/h4-11,19H,3H2,1-2H3,(H,20,21). The van der Waals surface area contributed by atoms with Crippen LogP contribution in [0.3, 0.4) is 0 Å². The van der Waals surface area contributed by atoms with E-state index in [1.807, 2.05) is 26.0 Å². The van der Waals surface area contributed by atoms with E-state index in [2.05, 4.69) is 15.6 Å². The smallest absolute Gasteiger partial charge is 0.253 e. The van der Waals surface area contributed by atoms with E-state index < -0.39 is 5.82 Å². The maximum absolute atomic E-state index is 13.8. The summed E-state index contributed by atoms with van der Waals surface area (Å²) in [4.78, 5) is 16.4. The van der Waals surface area contributed by atoms with Gasteiger partial charge < -0.3 is 10.6 Å². The van der Waals surface area contributed by atoms with Crippen molar-refractivity contribution in [1.82, 2.24) is 10.3 Å². The lowest BCUT2D eigenvalue weighted by Gasteiger charge is -2.16. The summed E-state index contributed by atoms with van der Waals surface area (Å²) in [6.07, 6.45) is 3.37. The molecule has 0 bridgehead atoms. The van der Waals surface area contributed by atoms with Crippen LogP contribution in [0.5, 0.6) is 0 Å². The zero-order valence-electron chi connectivity index (χ0n) is 12.1. The average molecular weight is 287 g/mol. The highest BCUT2D eigenvalue weighted by Gasteiger charge is 2.17. The Labute approximate surface area is 123 Å². The van der Waals surface area contributed by atoms with Crippen LogP contribution in [-0.2, 0) is 0 Å². The molecule has 1 aromatic carbocycles. The number of carbonyl (C=O) groups is 1. The number of hydrogen-bond acceptors (Lipinski definition) is 3. The number of para-hydroxylation sites is 1. The second-order valence-electron chi connectivity index (χ2n) is 4.67. The van der Waals surface area contributed by atoms with Gasteiger partial charge in [-0.1, -0.05) is 12.1 Å². The van der Waals surface area contributed by atoms with Gasteiger partial charge in [0.15, 0.2) is 0 Å². The molecule has 1 heterocycles. The van der Waals surface area contributed by atoms with Gasteiger partial charge in [0.1, 0.15) is 5.82 Å². The molecule has 4 nitrogen and oxygen atoms in total. The van der Waals surface area contributed by atoms with Gasteiger partial charge in [-0.05, 0) is 37.6 Å². The van der Waals surface area contributed by atoms with Crippen molar-refractivity contribution in [1.29, 1.82) is 0 Å². The fourth-order valence-corrected chi connectivity index (χ4v) is 2.06.